The highest BCUT2D eigenvalue weighted by atomic mass is 32.2. The number of ether oxygens (including phenoxy) is 4. The predicted octanol–water partition coefficient (Wildman–Crippen LogP) is 7.57. The fourth-order valence-electron chi connectivity index (χ4n) is 4.70. The van der Waals surface area contributed by atoms with Crippen LogP contribution in [-0.4, -0.2) is 34.5 Å². The van der Waals surface area contributed by atoms with Gasteiger partial charge in [0.15, 0.2) is 11.5 Å². The van der Waals surface area contributed by atoms with Crippen LogP contribution in [0.4, 0.5) is 5.69 Å². The monoisotopic (exact) mass is 521 g/mol. The molecule has 0 N–H and O–H groups in total. The van der Waals surface area contributed by atoms with Crippen molar-refractivity contribution >= 4 is 38.9 Å². The summed E-state index contributed by atoms with van der Waals surface area (Å²) in [5.41, 5.74) is 2.40. The molecule has 3 aromatic carbocycles. The van der Waals surface area contributed by atoms with Gasteiger partial charge in [0.2, 0.25) is 5.75 Å². The predicted molar refractivity (Wildman–Crippen MR) is 150 cm³/mol. The summed E-state index contributed by atoms with van der Waals surface area (Å²) in [6.07, 6.45) is 0.979. The third-order valence-corrected chi connectivity index (χ3v) is 8.87. The third-order valence-electron chi connectivity index (χ3n) is 6.40. The second kappa shape index (κ2) is 10.9. The number of nitrogens with zero attached hydrogens (tertiary/aromatic N) is 1. The van der Waals surface area contributed by atoms with Gasteiger partial charge in [-0.15, -0.1) is 23.1 Å². The zero-order valence-electron chi connectivity index (χ0n) is 21.1. The number of hydrogen-bond donors (Lipinski definition) is 0. The standard InChI is InChI=1S/C29H31NO4S2/c1-5-34-21-10-11-23-28(17-21)36-27(20-15-24(31-2)29(33-4)25(16-20)32-3)12-13-30(23)18-22-14-19-8-6-7-9-26(19)35-22/h6-11,14-17,27H,5,12-13,18H2,1-4H3/t27-/m1/s1. The molecule has 1 atom stereocenters. The lowest BCUT2D eigenvalue weighted by atomic mass is 10.1. The van der Waals surface area contributed by atoms with Gasteiger partial charge in [0.1, 0.15) is 5.75 Å². The van der Waals surface area contributed by atoms with Crippen LogP contribution in [0.1, 0.15) is 29.0 Å². The second-order valence-electron chi connectivity index (χ2n) is 8.59. The van der Waals surface area contributed by atoms with Crippen molar-refractivity contribution < 1.29 is 18.9 Å². The normalized spacial score (nSPS) is 15.3. The zero-order chi connectivity index (χ0) is 25.1. The van der Waals surface area contributed by atoms with E-state index in [0.717, 1.165) is 30.8 Å². The summed E-state index contributed by atoms with van der Waals surface area (Å²) < 4.78 is 24.0. The molecule has 1 aliphatic heterocycles. The van der Waals surface area contributed by atoms with Crippen LogP contribution in [0.2, 0.25) is 0 Å². The van der Waals surface area contributed by atoms with Crippen molar-refractivity contribution in [3.8, 4) is 23.0 Å². The van der Waals surface area contributed by atoms with Crippen LogP contribution in [-0.2, 0) is 6.54 Å². The van der Waals surface area contributed by atoms with Crippen molar-refractivity contribution in [1.29, 1.82) is 0 Å². The lowest BCUT2D eigenvalue weighted by molar-refractivity contribution is 0.323. The molecular formula is C29H31NO4S2. The smallest absolute Gasteiger partial charge is 0.203 e. The number of thioether (sulfide) groups is 1. The van der Waals surface area contributed by atoms with Gasteiger partial charge in [0.25, 0.3) is 0 Å². The minimum absolute atomic E-state index is 0.224. The third kappa shape index (κ3) is 4.95. The Morgan fingerprint density at radius 1 is 0.917 bits per heavy atom. The topological polar surface area (TPSA) is 40.2 Å². The number of thiophene rings is 1. The van der Waals surface area contributed by atoms with Gasteiger partial charge in [-0.25, -0.2) is 0 Å². The molecule has 188 valence electrons. The Morgan fingerprint density at radius 2 is 1.69 bits per heavy atom. The van der Waals surface area contributed by atoms with E-state index < -0.39 is 0 Å². The maximum Gasteiger partial charge on any atom is 0.203 e. The van der Waals surface area contributed by atoms with E-state index in [-0.39, 0.29) is 5.25 Å². The van der Waals surface area contributed by atoms with Crippen molar-refractivity contribution in [2.45, 2.75) is 30.0 Å². The lowest BCUT2D eigenvalue weighted by Gasteiger charge is -2.24. The van der Waals surface area contributed by atoms with E-state index in [4.69, 9.17) is 18.9 Å². The molecule has 2 heterocycles. The van der Waals surface area contributed by atoms with Gasteiger partial charge in [0.05, 0.1) is 40.2 Å². The zero-order valence-corrected chi connectivity index (χ0v) is 22.7. The van der Waals surface area contributed by atoms with Crippen molar-refractivity contribution in [2.75, 3.05) is 39.4 Å². The maximum absolute atomic E-state index is 5.86. The van der Waals surface area contributed by atoms with Gasteiger partial charge >= 0.3 is 0 Å². The second-order valence-corrected chi connectivity index (χ2v) is 11.0. The van der Waals surface area contributed by atoms with Gasteiger partial charge < -0.3 is 23.8 Å². The summed E-state index contributed by atoms with van der Waals surface area (Å²) in [5.74, 6) is 2.88. The Morgan fingerprint density at radius 3 is 2.39 bits per heavy atom. The van der Waals surface area contributed by atoms with Gasteiger partial charge in [-0.1, -0.05) is 18.2 Å². The SMILES string of the molecule is CCOc1ccc2c(c1)S[C@@H](c1cc(OC)c(OC)c(OC)c1)CCN2Cc1cc2ccccc2s1. The van der Waals surface area contributed by atoms with E-state index >= 15 is 0 Å². The maximum atomic E-state index is 5.86. The van der Waals surface area contributed by atoms with Crippen LogP contribution in [0.15, 0.2) is 65.6 Å². The molecule has 4 aromatic rings. The van der Waals surface area contributed by atoms with E-state index in [1.54, 1.807) is 21.3 Å². The fraction of sp³-hybridized carbons (Fsp3) is 0.310. The summed E-state index contributed by atoms with van der Waals surface area (Å²) in [6, 6.07) is 21.5. The highest BCUT2D eigenvalue weighted by Gasteiger charge is 2.26. The number of fused-ring (bicyclic) bond motifs is 2. The molecule has 0 aliphatic carbocycles. The minimum atomic E-state index is 0.224. The quantitative estimate of drug-likeness (QED) is 0.238. The number of hydrogen-bond acceptors (Lipinski definition) is 7. The first-order valence-corrected chi connectivity index (χ1v) is 13.8. The summed E-state index contributed by atoms with van der Waals surface area (Å²) in [5, 5.41) is 1.53. The Balaban J connectivity index is 1.51. The Bertz CT molecular complexity index is 1290. The first-order valence-electron chi connectivity index (χ1n) is 12.1. The molecule has 7 heteroatoms. The molecule has 0 spiro atoms. The van der Waals surface area contributed by atoms with Crippen LogP contribution in [0.25, 0.3) is 10.1 Å². The van der Waals surface area contributed by atoms with E-state index in [0.29, 0.717) is 23.9 Å². The first kappa shape index (κ1) is 24.7. The molecule has 0 unspecified atom stereocenters. The van der Waals surface area contributed by atoms with Gasteiger partial charge in [-0.3, -0.25) is 0 Å². The van der Waals surface area contributed by atoms with Gasteiger partial charge in [-0.2, -0.15) is 0 Å². The van der Waals surface area contributed by atoms with Crippen molar-refractivity contribution in [2.24, 2.45) is 0 Å². The Hall–Kier alpha value is -3.03. The van der Waals surface area contributed by atoms with Crippen LogP contribution in [0.3, 0.4) is 0 Å². The Labute approximate surface area is 220 Å². The molecular weight excluding hydrogens is 490 g/mol. The molecule has 1 aromatic heterocycles. The van der Waals surface area contributed by atoms with E-state index in [1.165, 1.54) is 25.5 Å². The van der Waals surface area contributed by atoms with E-state index in [1.807, 2.05) is 30.0 Å². The highest BCUT2D eigenvalue weighted by Crippen LogP contribution is 2.50. The average molecular weight is 522 g/mol. The summed E-state index contributed by atoms with van der Waals surface area (Å²) in [4.78, 5) is 5.09. The number of methoxy groups -OCH3 is 3. The van der Waals surface area contributed by atoms with Crippen molar-refractivity contribution in [3.63, 3.8) is 0 Å². The van der Waals surface area contributed by atoms with Crippen LogP contribution < -0.4 is 23.8 Å². The number of anilines is 1. The summed E-state index contributed by atoms with van der Waals surface area (Å²) in [7, 11) is 4.97. The van der Waals surface area contributed by atoms with Crippen LogP contribution in [0, 0.1) is 0 Å². The Kier molecular flexibility index (Phi) is 7.48. The molecule has 36 heavy (non-hydrogen) atoms. The average Bonchev–Trinajstić information content (AvgIpc) is 3.23. The molecule has 0 bridgehead atoms. The highest BCUT2D eigenvalue weighted by molar-refractivity contribution is 7.99. The fourth-order valence-corrected chi connectivity index (χ4v) is 7.09. The molecule has 0 amide bonds. The van der Waals surface area contributed by atoms with E-state index in [9.17, 15) is 0 Å². The van der Waals surface area contributed by atoms with Gasteiger partial charge in [0, 0.05) is 26.3 Å². The molecule has 1 aliphatic rings. The number of benzene rings is 3. The molecule has 5 nitrogen and oxygen atoms in total. The first-order chi connectivity index (χ1) is 17.6. The lowest BCUT2D eigenvalue weighted by Crippen LogP contribution is -2.23. The minimum Gasteiger partial charge on any atom is -0.494 e. The van der Waals surface area contributed by atoms with Gasteiger partial charge in [-0.05, 0) is 66.8 Å². The molecule has 0 fully saturated rings. The summed E-state index contributed by atoms with van der Waals surface area (Å²) >= 11 is 3.75. The van der Waals surface area contributed by atoms with Crippen LogP contribution in [0.5, 0.6) is 23.0 Å². The molecule has 0 saturated heterocycles. The molecule has 5 rings (SSSR count). The van der Waals surface area contributed by atoms with Crippen molar-refractivity contribution in [3.05, 3.63) is 71.1 Å². The molecule has 0 saturated carbocycles. The van der Waals surface area contributed by atoms with E-state index in [2.05, 4.69) is 65.6 Å². The largest absolute Gasteiger partial charge is 0.494 e. The van der Waals surface area contributed by atoms with Crippen molar-refractivity contribution in [1.82, 2.24) is 0 Å². The molecule has 0 radical (unpaired) electrons. The summed E-state index contributed by atoms with van der Waals surface area (Å²) in [6.45, 7) is 4.48. The van der Waals surface area contributed by atoms with Crippen LogP contribution >= 0.6 is 23.1 Å². The number of rotatable bonds is 8.